The van der Waals surface area contributed by atoms with Crippen LogP contribution in [-0.2, 0) is 9.59 Å². The lowest BCUT2D eigenvalue weighted by atomic mass is 9.94. The summed E-state index contributed by atoms with van der Waals surface area (Å²) >= 11 is 12.2. The van der Waals surface area contributed by atoms with Gasteiger partial charge in [0.15, 0.2) is 0 Å². The maximum absolute atomic E-state index is 14.9. The fourth-order valence-corrected chi connectivity index (χ4v) is 4.08. The van der Waals surface area contributed by atoms with Crippen molar-refractivity contribution in [3.63, 3.8) is 0 Å². The van der Waals surface area contributed by atoms with Crippen molar-refractivity contribution < 1.29 is 23.8 Å². The van der Waals surface area contributed by atoms with Crippen LogP contribution < -0.4 is 9.64 Å². The Hall–Kier alpha value is -3.35. The van der Waals surface area contributed by atoms with Crippen molar-refractivity contribution in [3.8, 4) is 5.75 Å². The van der Waals surface area contributed by atoms with Gasteiger partial charge >= 0.3 is 0 Å². The van der Waals surface area contributed by atoms with Crippen LogP contribution >= 0.6 is 23.2 Å². The molecular formula is C24H16Cl2FNO4. The molecule has 0 aliphatic carbocycles. The zero-order chi connectivity index (χ0) is 23.0. The van der Waals surface area contributed by atoms with Crippen molar-refractivity contribution in [1.82, 2.24) is 0 Å². The first-order valence-corrected chi connectivity index (χ1v) is 10.2. The van der Waals surface area contributed by atoms with E-state index < -0.39 is 29.3 Å². The predicted octanol–water partition coefficient (Wildman–Crippen LogP) is 5.77. The van der Waals surface area contributed by atoms with E-state index in [2.05, 4.69) is 0 Å². The summed E-state index contributed by atoms with van der Waals surface area (Å²) in [5.41, 5.74) is 0.130. The van der Waals surface area contributed by atoms with E-state index in [-0.39, 0.29) is 33.2 Å². The normalized spacial score (nSPS) is 17.6. The van der Waals surface area contributed by atoms with Crippen LogP contribution in [0.1, 0.15) is 17.2 Å². The minimum Gasteiger partial charge on any atom is -0.507 e. The zero-order valence-electron chi connectivity index (χ0n) is 16.7. The monoisotopic (exact) mass is 471 g/mol. The van der Waals surface area contributed by atoms with E-state index in [9.17, 15) is 19.1 Å². The van der Waals surface area contributed by atoms with Gasteiger partial charge in [0, 0.05) is 21.3 Å². The minimum atomic E-state index is -1.24. The number of nitrogens with zero attached hydrogens (tertiary/aromatic N) is 1. The Morgan fingerprint density at radius 1 is 1.00 bits per heavy atom. The van der Waals surface area contributed by atoms with Crippen molar-refractivity contribution in [1.29, 1.82) is 0 Å². The number of anilines is 1. The first kappa shape index (κ1) is 21.9. The summed E-state index contributed by atoms with van der Waals surface area (Å²) in [6.07, 6.45) is 0. The lowest BCUT2D eigenvalue weighted by Gasteiger charge is -2.26. The molecule has 32 heavy (non-hydrogen) atoms. The second-order valence-electron chi connectivity index (χ2n) is 7.02. The molecule has 0 spiro atoms. The third-order valence-corrected chi connectivity index (χ3v) is 5.62. The van der Waals surface area contributed by atoms with Gasteiger partial charge in [-0.25, -0.2) is 4.39 Å². The summed E-state index contributed by atoms with van der Waals surface area (Å²) in [6.45, 7) is 0. The van der Waals surface area contributed by atoms with E-state index in [0.717, 1.165) is 4.90 Å². The molecular weight excluding hydrogens is 456 g/mol. The zero-order valence-corrected chi connectivity index (χ0v) is 18.2. The average molecular weight is 472 g/mol. The summed E-state index contributed by atoms with van der Waals surface area (Å²) in [5, 5.41) is 11.8. The van der Waals surface area contributed by atoms with Crippen molar-refractivity contribution in [2.75, 3.05) is 12.0 Å². The highest BCUT2D eigenvalue weighted by atomic mass is 35.5. The number of halogens is 3. The molecule has 0 radical (unpaired) electrons. The molecule has 5 nitrogen and oxygen atoms in total. The lowest BCUT2D eigenvalue weighted by molar-refractivity contribution is -0.132. The Morgan fingerprint density at radius 2 is 1.72 bits per heavy atom. The Morgan fingerprint density at radius 3 is 2.41 bits per heavy atom. The molecule has 1 atom stereocenters. The standard InChI is InChI=1S/C24H16Cl2FNO4/c1-32-19-10-9-14(26)12-17(19)22(29)20-21(16-7-2-3-8-18(16)27)28(24(31)23(20)30)15-6-4-5-13(25)11-15/h2-12,21,29H,1H3/b22-20+. The number of ketones is 1. The first-order valence-electron chi connectivity index (χ1n) is 9.48. The summed E-state index contributed by atoms with van der Waals surface area (Å²) in [4.78, 5) is 27.3. The summed E-state index contributed by atoms with van der Waals surface area (Å²) < 4.78 is 20.2. The molecule has 1 amide bonds. The van der Waals surface area contributed by atoms with Crippen LogP contribution in [0.15, 0.2) is 72.3 Å². The Kier molecular flexibility index (Phi) is 5.91. The highest BCUT2D eigenvalue weighted by molar-refractivity contribution is 6.52. The van der Waals surface area contributed by atoms with E-state index in [4.69, 9.17) is 27.9 Å². The maximum atomic E-state index is 14.9. The molecule has 0 aromatic heterocycles. The van der Waals surface area contributed by atoms with Gasteiger partial charge in [0.25, 0.3) is 11.7 Å². The van der Waals surface area contributed by atoms with Gasteiger partial charge in [-0.2, -0.15) is 0 Å². The van der Waals surface area contributed by atoms with Crippen LogP contribution in [0, 0.1) is 5.82 Å². The fourth-order valence-electron chi connectivity index (χ4n) is 3.73. The topological polar surface area (TPSA) is 66.8 Å². The summed E-state index contributed by atoms with van der Waals surface area (Å²) in [6, 6.07) is 15.2. The number of carbonyl (C=O) groups excluding carboxylic acids is 2. The summed E-state index contributed by atoms with van der Waals surface area (Å²) in [7, 11) is 1.39. The highest BCUT2D eigenvalue weighted by Gasteiger charge is 2.48. The number of hydrogen-bond donors (Lipinski definition) is 1. The molecule has 1 fully saturated rings. The van der Waals surface area contributed by atoms with Gasteiger partial charge in [0.05, 0.1) is 24.3 Å². The van der Waals surface area contributed by atoms with Crippen molar-refractivity contribution >= 4 is 46.3 Å². The Labute approximate surface area is 193 Å². The average Bonchev–Trinajstić information content (AvgIpc) is 3.04. The molecule has 1 saturated heterocycles. The quantitative estimate of drug-likeness (QED) is 0.298. The second-order valence-corrected chi connectivity index (χ2v) is 7.89. The van der Waals surface area contributed by atoms with Gasteiger partial charge < -0.3 is 9.84 Å². The van der Waals surface area contributed by atoms with Gasteiger partial charge in [-0.15, -0.1) is 0 Å². The molecule has 1 N–H and O–H groups in total. The van der Waals surface area contributed by atoms with Gasteiger partial charge in [-0.3, -0.25) is 14.5 Å². The number of carbonyl (C=O) groups is 2. The molecule has 0 saturated carbocycles. The van der Waals surface area contributed by atoms with Crippen LogP contribution in [0.5, 0.6) is 5.75 Å². The number of Topliss-reactive ketones (excluding diaryl/α,β-unsaturated/α-hetero) is 1. The third-order valence-electron chi connectivity index (χ3n) is 5.15. The van der Waals surface area contributed by atoms with E-state index in [1.54, 1.807) is 30.3 Å². The smallest absolute Gasteiger partial charge is 0.300 e. The number of amides is 1. The van der Waals surface area contributed by atoms with Crippen molar-refractivity contribution in [2.24, 2.45) is 0 Å². The van der Waals surface area contributed by atoms with Crippen LogP contribution in [-0.4, -0.2) is 23.9 Å². The third kappa shape index (κ3) is 3.72. The highest BCUT2D eigenvalue weighted by Crippen LogP contribution is 2.44. The van der Waals surface area contributed by atoms with Crippen LogP contribution in [0.3, 0.4) is 0 Å². The fraction of sp³-hybridized carbons (Fsp3) is 0.0833. The Bertz CT molecular complexity index is 1270. The molecule has 4 rings (SSSR count). The van der Waals surface area contributed by atoms with Crippen molar-refractivity contribution in [3.05, 3.63) is 99.3 Å². The number of benzene rings is 3. The number of rotatable bonds is 4. The van der Waals surface area contributed by atoms with E-state index in [1.807, 2.05) is 0 Å². The van der Waals surface area contributed by atoms with Crippen LogP contribution in [0.4, 0.5) is 10.1 Å². The minimum absolute atomic E-state index is 0.0363. The van der Waals surface area contributed by atoms with Gasteiger partial charge in [-0.05, 0) is 42.5 Å². The molecule has 1 unspecified atom stereocenters. The largest absolute Gasteiger partial charge is 0.507 e. The van der Waals surface area contributed by atoms with Crippen LogP contribution in [0.25, 0.3) is 5.76 Å². The SMILES string of the molecule is COc1ccc(Cl)cc1/C(O)=C1\C(=O)C(=O)N(c2cccc(Cl)c2)C1c1ccccc1F. The molecule has 3 aromatic rings. The van der Waals surface area contributed by atoms with Gasteiger partial charge in [0.1, 0.15) is 17.3 Å². The molecule has 162 valence electrons. The second kappa shape index (κ2) is 8.65. The number of aliphatic hydroxyl groups is 1. The molecule has 1 heterocycles. The van der Waals surface area contributed by atoms with E-state index in [0.29, 0.717) is 5.02 Å². The van der Waals surface area contributed by atoms with Gasteiger partial charge in [0.2, 0.25) is 0 Å². The van der Waals surface area contributed by atoms with E-state index >= 15 is 0 Å². The molecule has 0 bridgehead atoms. The van der Waals surface area contributed by atoms with Gasteiger partial charge in [-0.1, -0.05) is 47.5 Å². The molecule has 1 aliphatic rings. The van der Waals surface area contributed by atoms with E-state index in [1.165, 1.54) is 43.5 Å². The maximum Gasteiger partial charge on any atom is 0.300 e. The number of aliphatic hydroxyl groups excluding tert-OH is 1. The first-order chi connectivity index (χ1) is 15.3. The lowest BCUT2D eigenvalue weighted by Crippen LogP contribution is -2.29. The summed E-state index contributed by atoms with van der Waals surface area (Å²) in [5.74, 6) is -2.84. The molecule has 8 heteroatoms. The van der Waals surface area contributed by atoms with Crippen LogP contribution in [0.2, 0.25) is 10.0 Å². The number of hydrogen-bond acceptors (Lipinski definition) is 4. The Balaban J connectivity index is 2.02. The molecule has 1 aliphatic heterocycles. The predicted molar refractivity (Wildman–Crippen MR) is 121 cm³/mol. The van der Waals surface area contributed by atoms with Crippen molar-refractivity contribution in [2.45, 2.75) is 6.04 Å². The number of methoxy groups -OCH3 is 1. The number of ether oxygens (including phenoxy) is 1. The molecule has 3 aromatic carbocycles.